The number of anilines is 1. The van der Waals surface area contributed by atoms with Crippen LogP contribution in [0.5, 0.6) is 0 Å². The Kier molecular flexibility index (Phi) is 3.40. The molecular formula is C14H19N3O2. The van der Waals surface area contributed by atoms with Gasteiger partial charge < -0.3 is 20.1 Å². The number of hydrogen-bond donors (Lipinski definition) is 2. The Morgan fingerprint density at radius 2 is 2.37 bits per heavy atom. The van der Waals surface area contributed by atoms with Gasteiger partial charge in [-0.3, -0.25) is 0 Å². The zero-order valence-corrected chi connectivity index (χ0v) is 10.9. The minimum Gasteiger partial charge on any atom is -0.399 e. The molecule has 1 aliphatic rings. The molecule has 5 heteroatoms. The highest BCUT2D eigenvalue weighted by Gasteiger charge is 2.18. The summed E-state index contributed by atoms with van der Waals surface area (Å²) < 4.78 is 7.61. The lowest BCUT2D eigenvalue weighted by Crippen LogP contribution is -2.23. The van der Waals surface area contributed by atoms with Gasteiger partial charge in [-0.1, -0.05) is 0 Å². The van der Waals surface area contributed by atoms with Crippen molar-refractivity contribution in [2.75, 3.05) is 18.9 Å². The van der Waals surface area contributed by atoms with Crippen molar-refractivity contribution in [2.24, 2.45) is 5.92 Å². The zero-order chi connectivity index (χ0) is 13.2. The van der Waals surface area contributed by atoms with E-state index in [9.17, 15) is 5.11 Å². The SMILES string of the molecule is Nc1ccc2c(c1)nc(CO)n2CC1CCCOC1. The van der Waals surface area contributed by atoms with E-state index in [0.29, 0.717) is 17.4 Å². The molecule has 0 spiro atoms. The minimum atomic E-state index is -0.0534. The molecule has 1 unspecified atom stereocenters. The third-order valence-corrected chi connectivity index (χ3v) is 3.69. The smallest absolute Gasteiger partial charge is 0.135 e. The molecule has 1 aromatic heterocycles. The van der Waals surface area contributed by atoms with E-state index >= 15 is 0 Å². The number of hydrogen-bond acceptors (Lipinski definition) is 4. The van der Waals surface area contributed by atoms with Crippen molar-refractivity contribution < 1.29 is 9.84 Å². The van der Waals surface area contributed by atoms with E-state index in [0.717, 1.165) is 37.2 Å². The maximum Gasteiger partial charge on any atom is 0.135 e. The fraction of sp³-hybridized carbons (Fsp3) is 0.500. The van der Waals surface area contributed by atoms with E-state index in [1.165, 1.54) is 6.42 Å². The topological polar surface area (TPSA) is 73.3 Å². The van der Waals surface area contributed by atoms with Crippen molar-refractivity contribution in [3.8, 4) is 0 Å². The number of benzene rings is 1. The van der Waals surface area contributed by atoms with Crippen molar-refractivity contribution in [1.29, 1.82) is 0 Å². The molecule has 19 heavy (non-hydrogen) atoms. The first-order valence-electron chi connectivity index (χ1n) is 6.71. The van der Waals surface area contributed by atoms with Crippen LogP contribution in [0, 0.1) is 5.92 Å². The number of aliphatic hydroxyl groups is 1. The maximum atomic E-state index is 9.47. The van der Waals surface area contributed by atoms with Crippen LogP contribution < -0.4 is 5.73 Å². The first-order chi connectivity index (χ1) is 9.28. The standard InChI is InChI=1S/C14H19N3O2/c15-11-3-4-13-12(6-11)16-14(8-18)17(13)7-10-2-1-5-19-9-10/h3-4,6,10,18H,1-2,5,7-9,15H2. The van der Waals surface area contributed by atoms with Gasteiger partial charge in [-0.25, -0.2) is 4.98 Å². The van der Waals surface area contributed by atoms with E-state index in [1.54, 1.807) is 0 Å². The van der Waals surface area contributed by atoms with Gasteiger partial charge in [0.2, 0.25) is 0 Å². The summed E-state index contributed by atoms with van der Waals surface area (Å²) in [5, 5.41) is 9.47. The highest BCUT2D eigenvalue weighted by Crippen LogP contribution is 2.23. The average Bonchev–Trinajstić information content (AvgIpc) is 2.77. The van der Waals surface area contributed by atoms with Crippen molar-refractivity contribution in [3.05, 3.63) is 24.0 Å². The summed E-state index contributed by atoms with van der Waals surface area (Å²) in [7, 11) is 0. The summed E-state index contributed by atoms with van der Waals surface area (Å²) in [6.07, 6.45) is 2.28. The molecule has 2 aromatic rings. The fourth-order valence-corrected chi connectivity index (χ4v) is 2.73. The normalized spacial score (nSPS) is 19.9. The number of aromatic nitrogens is 2. The van der Waals surface area contributed by atoms with E-state index in [2.05, 4.69) is 9.55 Å². The van der Waals surface area contributed by atoms with Gasteiger partial charge in [-0.2, -0.15) is 0 Å². The predicted octanol–water partition coefficient (Wildman–Crippen LogP) is 1.54. The lowest BCUT2D eigenvalue weighted by Gasteiger charge is -2.23. The van der Waals surface area contributed by atoms with Crippen LogP contribution in [-0.2, 0) is 17.9 Å². The molecule has 3 rings (SSSR count). The number of aliphatic hydroxyl groups excluding tert-OH is 1. The Balaban J connectivity index is 1.95. The molecule has 2 heterocycles. The van der Waals surface area contributed by atoms with E-state index < -0.39 is 0 Å². The van der Waals surface area contributed by atoms with Crippen LogP contribution in [0.3, 0.4) is 0 Å². The summed E-state index contributed by atoms with van der Waals surface area (Å²) >= 11 is 0. The molecule has 5 nitrogen and oxygen atoms in total. The second-order valence-electron chi connectivity index (χ2n) is 5.13. The number of fused-ring (bicyclic) bond motifs is 1. The second kappa shape index (κ2) is 5.19. The second-order valence-corrected chi connectivity index (χ2v) is 5.13. The van der Waals surface area contributed by atoms with Crippen LogP contribution in [0.25, 0.3) is 11.0 Å². The molecule has 1 saturated heterocycles. The van der Waals surface area contributed by atoms with Gasteiger partial charge in [-0.05, 0) is 31.0 Å². The first-order valence-corrected chi connectivity index (χ1v) is 6.71. The predicted molar refractivity (Wildman–Crippen MR) is 73.6 cm³/mol. The van der Waals surface area contributed by atoms with Crippen LogP contribution in [-0.4, -0.2) is 27.9 Å². The maximum absolute atomic E-state index is 9.47. The number of ether oxygens (including phenoxy) is 1. The quantitative estimate of drug-likeness (QED) is 0.822. The molecule has 1 atom stereocenters. The van der Waals surface area contributed by atoms with Gasteiger partial charge in [-0.15, -0.1) is 0 Å². The summed E-state index contributed by atoms with van der Waals surface area (Å²) in [5.74, 6) is 1.19. The summed E-state index contributed by atoms with van der Waals surface area (Å²) in [4.78, 5) is 4.45. The number of nitrogens with two attached hydrogens (primary N) is 1. The van der Waals surface area contributed by atoms with Crippen molar-refractivity contribution in [3.63, 3.8) is 0 Å². The fourth-order valence-electron chi connectivity index (χ4n) is 2.73. The van der Waals surface area contributed by atoms with Crippen LogP contribution in [0.1, 0.15) is 18.7 Å². The Morgan fingerprint density at radius 1 is 1.47 bits per heavy atom. The van der Waals surface area contributed by atoms with Gasteiger partial charge >= 0.3 is 0 Å². The Bertz CT molecular complexity index is 573. The van der Waals surface area contributed by atoms with E-state index in [-0.39, 0.29) is 6.61 Å². The molecule has 0 amide bonds. The number of nitrogens with zero attached hydrogens (tertiary/aromatic N) is 2. The highest BCUT2D eigenvalue weighted by atomic mass is 16.5. The summed E-state index contributed by atoms with van der Waals surface area (Å²) in [6.45, 7) is 2.45. The molecule has 0 saturated carbocycles. The van der Waals surface area contributed by atoms with Crippen LogP contribution in [0.2, 0.25) is 0 Å². The average molecular weight is 261 g/mol. The van der Waals surface area contributed by atoms with Crippen molar-refractivity contribution in [2.45, 2.75) is 26.0 Å². The third kappa shape index (κ3) is 2.43. The number of rotatable bonds is 3. The molecule has 0 radical (unpaired) electrons. The zero-order valence-electron chi connectivity index (χ0n) is 10.9. The van der Waals surface area contributed by atoms with Crippen LogP contribution >= 0.6 is 0 Å². The Hall–Kier alpha value is -1.59. The van der Waals surface area contributed by atoms with Gasteiger partial charge in [0.1, 0.15) is 12.4 Å². The lowest BCUT2D eigenvalue weighted by atomic mass is 10.0. The Labute approximate surface area is 112 Å². The molecule has 102 valence electrons. The van der Waals surface area contributed by atoms with Crippen LogP contribution in [0.15, 0.2) is 18.2 Å². The largest absolute Gasteiger partial charge is 0.399 e. The van der Waals surface area contributed by atoms with Gasteiger partial charge in [0, 0.05) is 24.8 Å². The van der Waals surface area contributed by atoms with Crippen molar-refractivity contribution in [1.82, 2.24) is 9.55 Å². The summed E-state index contributed by atoms with van der Waals surface area (Å²) in [5.41, 5.74) is 8.35. The van der Waals surface area contributed by atoms with E-state index in [4.69, 9.17) is 10.5 Å². The number of nitrogen functional groups attached to an aromatic ring is 1. The van der Waals surface area contributed by atoms with Crippen LogP contribution in [0.4, 0.5) is 5.69 Å². The molecule has 1 fully saturated rings. The van der Waals surface area contributed by atoms with E-state index in [1.807, 2.05) is 18.2 Å². The molecule has 0 bridgehead atoms. The molecule has 3 N–H and O–H groups in total. The molecule has 0 aliphatic carbocycles. The highest BCUT2D eigenvalue weighted by molar-refractivity contribution is 5.79. The minimum absolute atomic E-state index is 0.0534. The Morgan fingerprint density at radius 3 is 3.11 bits per heavy atom. The van der Waals surface area contributed by atoms with Gasteiger partial charge in [0.05, 0.1) is 17.6 Å². The third-order valence-electron chi connectivity index (χ3n) is 3.69. The lowest BCUT2D eigenvalue weighted by molar-refractivity contribution is 0.0481. The van der Waals surface area contributed by atoms with Crippen molar-refractivity contribution >= 4 is 16.7 Å². The molecule has 1 aliphatic heterocycles. The number of imidazole rings is 1. The first kappa shape index (κ1) is 12.4. The monoisotopic (exact) mass is 261 g/mol. The molecular weight excluding hydrogens is 242 g/mol. The van der Waals surface area contributed by atoms with Gasteiger partial charge in [0.25, 0.3) is 0 Å². The van der Waals surface area contributed by atoms with Gasteiger partial charge in [0.15, 0.2) is 0 Å². The summed E-state index contributed by atoms with van der Waals surface area (Å²) in [6, 6.07) is 5.70. The molecule has 1 aromatic carbocycles.